The van der Waals surface area contributed by atoms with Crippen molar-refractivity contribution >= 4 is 17.9 Å². The minimum Gasteiger partial charge on any atom is -0.462 e. The molecule has 0 spiro atoms. The molecule has 0 N–H and O–H groups in total. The van der Waals surface area contributed by atoms with E-state index in [0.29, 0.717) is 19.3 Å². The topological polar surface area (TPSA) is 78.9 Å². The maximum atomic E-state index is 12.8. The van der Waals surface area contributed by atoms with E-state index < -0.39 is 6.10 Å². The first-order valence-electron chi connectivity index (χ1n) is 34.3. The highest BCUT2D eigenvalue weighted by atomic mass is 16.6. The highest BCUT2D eigenvalue weighted by Gasteiger charge is 2.19. The van der Waals surface area contributed by atoms with Crippen molar-refractivity contribution in [2.45, 2.75) is 393 Å². The van der Waals surface area contributed by atoms with Gasteiger partial charge in [-0.05, 0) is 64.2 Å². The Morgan fingerprint density at radius 3 is 0.711 bits per heavy atom. The number of hydrogen-bond donors (Lipinski definition) is 0. The average Bonchev–Trinajstić information content (AvgIpc) is 3.42. The van der Waals surface area contributed by atoms with Crippen LogP contribution in [0.5, 0.6) is 0 Å². The van der Waals surface area contributed by atoms with E-state index in [1.54, 1.807) is 0 Å². The normalized spacial score (nSPS) is 12.1. The summed E-state index contributed by atoms with van der Waals surface area (Å²) in [5.74, 6) is -0.855. The van der Waals surface area contributed by atoms with Gasteiger partial charge in [-0.2, -0.15) is 0 Å². The van der Waals surface area contributed by atoms with Crippen LogP contribution in [0.3, 0.4) is 0 Å². The second-order valence-electron chi connectivity index (χ2n) is 23.4. The zero-order valence-electron chi connectivity index (χ0n) is 51.6. The summed E-state index contributed by atoms with van der Waals surface area (Å²) < 4.78 is 16.9. The standard InChI is InChI=1S/C70H132O6/c1-4-7-10-13-16-19-22-24-25-26-27-28-29-30-31-32-33-34-35-36-37-38-39-40-41-42-43-44-45-47-48-51-54-57-60-63-69(72)75-66-67(65-74-68(71)62-59-56-53-50-21-18-15-12-9-6-3)76-70(73)64-61-58-55-52-49-46-23-20-17-14-11-8-5-2/h12,15,26-27,67H,4-11,13-14,16-25,28-66H2,1-3H3/b15-12-,27-26-. The van der Waals surface area contributed by atoms with Gasteiger partial charge in [0.05, 0.1) is 0 Å². The molecular formula is C70H132O6. The molecular weight excluding hydrogens is 937 g/mol. The first-order valence-corrected chi connectivity index (χ1v) is 34.3. The fourth-order valence-corrected chi connectivity index (χ4v) is 10.5. The predicted octanol–water partition coefficient (Wildman–Crippen LogP) is 23.4. The summed E-state index contributed by atoms with van der Waals surface area (Å²) in [5.41, 5.74) is 0. The lowest BCUT2D eigenvalue weighted by atomic mass is 10.0. The van der Waals surface area contributed by atoms with Gasteiger partial charge in [0.2, 0.25) is 0 Å². The van der Waals surface area contributed by atoms with Crippen LogP contribution in [0.25, 0.3) is 0 Å². The van der Waals surface area contributed by atoms with Crippen molar-refractivity contribution in [2.75, 3.05) is 13.2 Å². The fraction of sp³-hybridized carbons (Fsp3) is 0.900. The molecule has 1 atom stereocenters. The molecule has 0 radical (unpaired) electrons. The second kappa shape index (κ2) is 65.4. The molecule has 76 heavy (non-hydrogen) atoms. The van der Waals surface area contributed by atoms with Gasteiger partial charge in [0, 0.05) is 19.3 Å². The Balaban J connectivity index is 3.94. The number of carbonyl (C=O) groups is 3. The Morgan fingerprint density at radius 2 is 0.461 bits per heavy atom. The zero-order chi connectivity index (χ0) is 55.0. The van der Waals surface area contributed by atoms with Crippen LogP contribution in [-0.2, 0) is 28.6 Å². The van der Waals surface area contributed by atoms with Crippen LogP contribution < -0.4 is 0 Å². The molecule has 0 aliphatic rings. The Kier molecular flexibility index (Phi) is 63.6. The monoisotopic (exact) mass is 1070 g/mol. The van der Waals surface area contributed by atoms with Crippen molar-refractivity contribution in [3.05, 3.63) is 24.3 Å². The van der Waals surface area contributed by atoms with E-state index >= 15 is 0 Å². The van der Waals surface area contributed by atoms with E-state index in [2.05, 4.69) is 45.1 Å². The van der Waals surface area contributed by atoms with Gasteiger partial charge in [-0.3, -0.25) is 14.4 Å². The second-order valence-corrected chi connectivity index (χ2v) is 23.4. The number of hydrogen-bond acceptors (Lipinski definition) is 6. The third kappa shape index (κ3) is 62.7. The van der Waals surface area contributed by atoms with Crippen molar-refractivity contribution in [1.29, 1.82) is 0 Å². The zero-order valence-corrected chi connectivity index (χ0v) is 51.6. The Morgan fingerprint density at radius 1 is 0.250 bits per heavy atom. The summed E-state index contributed by atoms with van der Waals surface area (Å²) in [7, 11) is 0. The van der Waals surface area contributed by atoms with Crippen LogP contribution in [-0.4, -0.2) is 37.2 Å². The Hall–Kier alpha value is -2.11. The van der Waals surface area contributed by atoms with Gasteiger partial charge in [-0.25, -0.2) is 0 Å². The number of unbranched alkanes of at least 4 members (excludes halogenated alkanes) is 49. The van der Waals surface area contributed by atoms with Gasteiger partial charge < -0.3 is 14.2 Å². The van der Waals surface area contributed by atoms with E-state index in [9.17, 15) is 14.4 Å². The molecule has 0 rings (SSSR count). The Labute approximate surface area is 474 Å². The molecule has 0 heterocycles. The van der Waals surface area contributed by atoms with E-state index in [4.69, 9.17) is 14.2 Å². The van der Waals surface area contributed by atoms with Crippen molar-refractivity contribution in [2.24, 2.45) is 0 Å². The predicted molar refractivity (Wildman–Crippen MR) is 330 cm³/mol. The Bertz CT molecular complexity index is 1230. The highest BCUT2D eigenvalue weighted by molar-refractivity contribution is 5.71. The van der Waals surface area contributed by atoms with Crippen LogP contribution in [0, 0.1) is 0 Å². The van der Waals surface area contributed by atoms with Gasteiger partial charge >= 0.3 is 17.9 Å². The molecule has 0 saturated heterocycles. The lowest BCUT2D eigenvalue weighted by Gasteiger charge is -2.18. The summed E-state index contributed by atoms with van der Waals surface area (Å²) in [6, 6.07) is 0. The number of ether oxygens (including phenoxy) is 3. The molecule has 0 aromatic carbocycles. The first-order chi connectivity index (χ1) is 37.5. The molecule has 0 aliphatic heterocycles. The molecule has 6 heteroatoms. The van der Waals surface area contributed by atoms with Crippen LogP contribution in [0.1, 0.15) is 387 Å². The molecule has 0 saturated carbocycles. The maximum Gasteiger partial charge on any atom is 0.306 e. The van der Waals surface area contributed by atoms with Gasteiger partial charge in [0.25, 0.3) is 0 Å². The van der Waals surface area contributed by atoms with Crippen LogP contribution in [0.4, 0.5) is 0 Å². The molecule has 448 valence electrons. The van der Waals surface area contributed by atoms with Crippen LogP contribution in [0.2, 0.25) is 0 Å². The average molecular weight is 1070 g/mol. The first kappa shape index (κ1) is 73.9. The number of allylic oxidation sites excluding steroid dienone is 4. The van der Waals surface area contributed by atoms with E-state index in [0.717, 1.165) is 70.6 Å². The minimum atomic E-state index is -0.769. The van der Waals surface area contributed by atoms with Crippen LogP contribution in [0.15, 0.2) is 24.3 Å². The molecule has 6 nitrogen and oxygen atoms in total. The minimum absolute atomic E-state index is 0.0678. The molecule has 0 aromatic heterocycles. The number of esters is 3. The largest absolute Gasteiger partial charge is 0.462 e. The van der Waals surface area contributed by atoms with E-state index in [1.807, 2.05) is 0 Å². The molecule has 0 aromatic rings. The van der Waals surface area contributed by atoms with Crippen molar-refractivity contribution < 1.29 is 28.6 Å². The van der Waals surface area contributed by atoms with Gasteiger partial charge in [-0.15, -0.1) is 0 Å². The van der Waals surface area contributed by atoms with E-state index in [1.165, 1.54) is 276 Å². The molecule has 0 bridgehead atoms. The number of rotatable bonds is 64. The summed E-state index contributed by atoms with van der Waals surface area (Å²) >= 11 is 0. The SMILES string of the molecule is CCC/C=C\CCCCCCCC(=O)OCC(COC(=O)CCCCCCCCCCCCCCCCCCCCCCCCC/C=C\CCCCCCCCCC)OC(=O)CCCCCCCCCCCCCCC. The quantitative estimate of drug-likeness (QED) is 0.0261. The summed E-state index contributed by atoms with van der Waals surface area (Å²) in [4.78, 5) is 38.1. The lowest BCUT2D eigenvalue weighted by Crippen LogP contribution is -2.30. The summed E-state index contributed by atoms with van der Waals surface area (Å²) in [6.07, 6.45) is 79.6. The lowest BCUT2D eigenvalue weighted by molar-refractivity contribution is -0.167. The maximum absolute atomic E-state index is 12.8. The van der Waals surface area contributed by atoms with Crippen molar-refractivity contribution in [1.82, 2.24) is 0 Å². The van der Waals surface area contributed by atoms with Crippen molar-refractivity contribution in [3.63, 3.8) is 0 Å². The van der Waals surface area contributed by atoms with E-state index in [-0.39, 0.29) is 31.1 Å². The highest BCUT2D eigenvalue weighted by Crippen LogP contribution is 2.18. The summed E-state index contributed by atoms with van der Waals surface area (Å²) in [5, 5.41) is 0. The van der Waals surface area contributed by atoms with Crippen molar-refractivity contribution in [3.8, 4) is 0 Å². The van der Waals surface area contributed by atoms with Gasteiger partial charge in [0.15, 0.2) is 6.10 Å². The number of carbonyl (C=O) groups excluding carboxylic acids is 3. The van der Waals surface area contributed by atoms with Gasteiger partial charge in [-0.1, -0.05) is 328 Å². The molecule has 0 aliphatic carbocycles. The third-order valence-electron chi connectivity index (χ3n) is 15.7. The third-order valence-corrected chi connectivity index (χ3v) is 15.7. The summed E-state index contributed by atoms with van der Waals surface area (Å²) in [6.45, 7) is 6.63. The molecule has 0 fully saturated rings. The smallest absolute Gasteiger partial charge is 0.306 e. The van der Waals surface area contributed by atoms with Gasteiger partial charge in [0.1, 0.15) is 13.2 Å². The molecule has 1 unspecified atom stereocenters. The fourth-order valence-electron chi connectivity index (χ4n) is 10.5. The molecule has 0 amide bonds. The van der Waals surface area contributed by atoms with Crippen LogP contribution >= 0.6 is 0 Å².